The van der Waals surface area contributed by atoms with E-state index in [4.69, 9.17) is 4.74 Å². The molecule has 0 heterocycles. The second-order valence-corrected chi connectivity index (χ2v) is 9.53. The van der Waals surface area contributed by atoms with E-state index in [0.717, 1.165) is 5.56 Å². The molecule has 162 valence electrons. The van der Waals surface area contributed by atoms with Crippen molar-refractivity contribution in [1.29, 1.82) is 0 Å². The number of ether oxygens (including phenoxy) is 1. The summed E-state index contributed by atoms with van der Waals surface area (Å²) in [6.45, 7) is 1.76. The number of carbonyl (C=O) groups is 1. The lowest BCUT2D eigenvalue weighted by Crippen LogP contribution is -2.45. The summed E-state index contributed by atoms with van der Waals surface area (Å²) in [5, 5.41) is 2.80. The number of hydrogen-bond donors (Lipinski definition) is 2. The number of halogens is 1. The van der Waals surface area contributed by atoms with E-state index >= 15 is 0 Å². The maximum Gasteiger partial charge on any atom is 0.242 e. The van der Waals surface area contributed by atoms with Crippen LogP contribution >= 0.6 is 15.9 Å². The van der Waals surface area contributed by atoms with E-state index < -0.39 is 22.0 Å². The second-order valence-electron chi connectivity index (χ2n) is 6.96. The molecule has 6 nitrogen and oxygen atoms in total. The number of carbonyl (C=O) groups excluding carboxylic acids is 1. The first-order valence-corrected chi connectivity index (χ1v) is 11.8. The third kappa shape index (κ3) is 5.94. The highest BCUT2D eigenvalue weighted by Gasteiger charge is 2.27. The van der Waals surface area contributed by atoms with Crippen LogP contribution in [0.15, 0.2) is 82.2 Å². The van der Waals surface area contributed by atoms with E-state index in [9.17, 15) is 13.2 Å². The molecule has 3 aromatic rings. The van der Waals surface area contributed by atoms with Gasteiger partial charge in [-0.15, -0.1) is 0 Å². The average molecular weight is 503 g/mol. The number of anilines is 1. The molecule has 0 radical (unpaired) electrons. The van der Waals surface area contributed by atoms with Gasteiger partial charge in [-0.25, -0.2) is 8.42 Å². The molecule has 0 spiro atoms. The van der Waals surface area contributed by atoms with Crippen LogP contribution in [0.2, 0.25) is 0 Å². The van der Waals surface area contributed by atoms with Gasteiger partial charge in [0.2, 0.25) is 15.9 Å². The summed E-state index contributed by atoms with van der Waals surface area (Å²) < 4.78 is 34.6. The summed E-state index contributed by atoms with van der Waals surface area (Å²) in [7, 11) is -2.43. The van der Waals surface area contributed by atoms with E-state index in [2.05, 4.69) is 26.0 Å². The van der Waals surface area contributed by atoms with Crippen LogP contribution in [0.25, 0.3) is 0 Å². The first-order valence-electron chi connectivity index (χ1n) is 9.56. The molecule has 31 heavy (non-hydrogen) atoms. The minimum absolute atomic E-state index is 0.0672. The van der Waals surface area contributed by atoms with Crippen molar-refractivity contribution in [2.24, 2.45) is 0 Å². The lowest BCUT2D eigenvalue weighted by atomic mass is 10.1. The summed E-state index contributed by atoms with van der Waals surface area (Å²) in [6.07, 6.45) is 0.200. The molecule has 1 unspecified atom stereocenters. The van der Waals surface area contributed by atoms with Crippen molar-refractivity contribution in [3.05, 3.63) is 88.4 Å². The highest BCUT2D eigenvalue weighted by molar-refractivity contribution is 9.10. The summed E-state index contributed by atoms with van der Waals surface area (Å²) in [6, 6.07) is 20.0. The molecule has 8 heteroatoms. The Hall–Kier alpha value is -2.68. The molecular weight excluding hydrogens is 480 g/mol. The molecule has 1 amide bonds. The maximum atomic E-state index is 13.1. The first-order chi connectivity index (χ1) is 14.8. The molecule has 1 atom stereocenters. The predicted molar refractivity (Wildman–Crippen MR) is 125 cm³/mol. The van der Waals surface area contributed by atoms with Crippen molar-refractivity contribution in [2.75, 3.05) is 12.4 Å². The largest absolute Gasteiger partial charge is 0.496 e. The van der Waals surface area contributed by atoms with Gasteiger partial charge in [0, 0.05) is 4.47 Å². The van der Waals surface area contributed by atoms with Gasteiger partial charge in [-0.1, -0.05) is 42.5 Å². The third-order valence-corrected chi connectivity index (χ3v) is 6.87. The molecule has 0 aliphatic carbocycles. The van der Waals surface area contributed by atoms with Gasteiger partial charge < -0.3 is 10.1 Å². The molecule has 0 aliphatic rings. The van der Waals surface area contributed by atoms with Gasteiger partial charge in [-0.05, 0) is 70.7 Å². The summed E-state index contributed by atoms with van der Waals surface area (Å²) in [4.78, 5) is 13.1. The molecular formula is C23H23BrN2O4S. The average Bonchev–Trinajstić information content (AvgIpc) is 2.75. The van der Waals surface area contributed by atoms with Crippen LogP contribution in [0.5, 0.6) is 5.75 Å². The topological polar surface area (TPSA) is 84.5 Å². The quantitative estimate of drug-likeness (QED) is 0.480. The number of para-hydroxylation sites is 1. The Balaban J connectivity index is 1.89. The van der Waals surface area contributed by atoms with Gasteiger partial charge in [-0.2, -0.15) is 4.72 Å². The van der Waals surface area contributed by atoms with Gasteiger partial charge in [0.1, 0.15) is 11.8 Å². The molecule has 2 N–H and O–H groups in total. The molecule has 0 aliphatic heterocycles. The van der Waals surface area contributed by atoms with Gasteiger partial charge >= 0.3 is 0 Å². The van der Waals surface area contributed by atoms with Crippen molar-refractivity contribution >= 4 is 37.5 Å². The standard InChI is InChI=1S/C23H23BrN2O4S/c1-16-14-18(12-13-22(16)30-2)31(28,29)26-21(15-17-8-4-3-5-9-17)23(27)25-20-11-7-6-10-19(20)24/h3-14,21,26H,15H2,1-2H3,(H,25,27). The van der Waals surface area contributed by atoms with E-state index in [1.165, 1.54) is 19.2 Å². The zero-order chi connectivity index (χ0) is 22.4. The number of sulfonamides is 1. The number of aryl methyl sites for hydroxylation is 1. The van der Waals surface area contributed by atoms with E-state index in [1.54, 1.807) is 31.2 Å². The highest BCUT2D eigenvalue weighted by atomic mass is 79.9. The number of rotatable bonds is 8. The summed E-state index contributed by atoms with van der Waals surface area (Å²) in [5.41, 5.74) is 2.08. The van der Waals surface area contributed by atoms with Gasteiger partial charge in [0.25, 0.3) is 0 Å². The Labute approximate surface area is 190 Å². The molecule has 3 aromatic carbocycles. The lowest BCUT2D eigenvalue weighted by molar-refractivity contribution is -0.117. The van der Waals surface area contributed by atoms with Crippen LogP contribution in [0.1, 0.15) is 11.1 Å². The minimum Gasteiger partial charge on any atom is -0.496 e. The Morgan fingerprint density at radius 3 is 2.35 bits per heavy atom. The highest BCUT2D eigenvalue weighted by Crippen LogP contribution is 2.23. The fraction of sp³-hybridized carbons (Fsp3) is 0.174. The van der Waals surface area contributed by atoms with Crippen LogP contribution < -0.4 is 14.8 Å². The van der Waals surface area contributed by atoms with Gasteiger partial charge in [0.05, 0.1) is 17.7 Å². The Kier molecular flexibility index (Phi) is 7.48. The second kappa shape index (κ2) is 10.1. The zero-order valence-electron chi connectivity index (χ0n) is 17.1. The molecule has 3 rings (SSSR count). The van der Waals surface area contributed by atoms with Gasteiger partial charge in [0.15, 0.2) is 0 Å². The molecule has 0 bridgehead atoms. The molecule has 0 fully saturated rings. The number of methoxy groups -OCH3 is 1. The normalized spacial score (nSPS) is 12.2. The SMILES string of the molecule is COc1ccc(S(=O)(=O)NC(Cc2ccccc2)C(=O)Nc2ccccc2Br)cc1C. The number of amides is 1. The van der Waals surface area contributed by atoms with Crippen LogP contribution in [0.4, 0.5) is 5.69 Å². The summed E-state index contributed by atoms with van der Waals surface area (Å²) in [5.74, 6) is 0.135. The van der Waals surface area contributed by atoms with Crippen molar-refractivity contribution in [2.45, 2.75) is 24.3 Å². The summed E-state index contributed by atoms with van der Waals surface area (Å²) >= 11 is 3.40. The third-order valence-electron chi connectivity index (χ3n) is 4.70. The fourth-order valence-corrected chi connectivity index (χ4v) is 4.76. The van der Waals surface area contributed by atoms with Crippen molar-refractivity contribution in [3.63, 3.8) is 0 Å². The number of benzene rings is 3. The molecule has 0 saturated heterocycles. The van der Waals surface area contributed by atoms with Crippen LogP contribution in [0.3, 0.4) is 0 Å². The van der Waals surface area contributed by atoms with E-state index in [-0.39, 0.29) is 11.3 Å². The predicted octanol–water partition coefficient (Wildman–Crippen LogP) is 4.29. The van der Waals surface area contributed by atoms with E-state index in [1.807, 2.05) is 36.4 Å². The van der Waals surface area contributed by atoms with Crippen LogP contribution in [0, 0.1) is 6.92 Å². The minimum atomic E-state index is -3.95. The van der Waals surface area contributed by atoms with Crippen molar-refractivity contribution < 1.29 is 17.9 Å². The molecule has 0 aromatic heterocycles. The number of nitrogens with one attached hydrogen (secondary N) is 2. The van der Waals surface area contributed by atoms with Crippen LogP contribution in [-0.4, -0.2) is 27.5 Å². The van der Waals surface area contributed by atoms with Crippen LogP contribution in [-0.2, 0) is 21.2 Å². The number of hydrogen-bond acceptors (Lipinski definition) is 4. The Morgan fingerprint density at radius 1 is 1.03 bits per heavy atom. The smallest absolute Gasteiger partial charge is 0.242 e. The maximum absolute atomic E-state index is 13.1. The fourth-order valence-electron chi connectivity index (χ4n) is 3.09. The van der Waals surface area contributed by atoms with Crippen molar-refractivity contribution in [3.8, 4) is 5.75 Å². The van der Waals surface area contributed by atoms with Gasteiger partial charge in [-0.3, -0.25) is 4.79 Å². The first kappa shape index (κ1) is 23.0. The van der Waals surface area contributed by atoms with Crippen molar-refractivity contribution in [1.82, 2.24) is 4.72 Å². The lowest BCUT2D eigenvalue weighted by Gasteiger charge is -2.19. The Bertz CT molecular complexity index is 1170. The Morgan fingerprint density at radius 2 is 1.71 bits per heavy atom. The molecule has 0 saturated carbocycles. The van der Waals surface area contributed by atoms with E-state index in [0.29, 0.717) is 21.5 Å². The monoisotopic (exact) mass is 502 g/mol. The zero-order valence-corrected chi connectivity index (χ0v) is 19.5.